The molecule has 0 aliphatic carbocycles. The number of fused-ring (bicyclic) bond motifs is 1. The largest absolute Gasteiger partial charge is 0.282 e. The number of benzene rings is 1. The molecule has 0 radical (unpaired) electrons. The number of rotatable bonds is 2. The number of hydrogen-bond donors (Lipinski definition) is 0. The topological polar surface area (TPSA) is 49.7 Å². The first-order valence-corrected chi connectivity index (χ1v) is 6.20. The highest BCUT2D eigenvalue weighted by molar-refractivity contribution is 7.11. The lowest BCUT2D eigenvalue weighted by Crippen LogP contribution is -2.23. The number of carbonyl (C=O) groups excluding carboxylic acids is 2. The van der Waals surface area contributed by atoms with E-state index in [1.807, 2.05) is 17.5 Å². The van der Waals surface area contributed by atoms with E-state index in [-0.39, 0.29) is 11.8 Å². The van der Waals surface area contributed by atoms with Gasteiger partial charge in [0, 0.05) is 4.88 Å². The highest BCUT2D eigenvalue weighted by Gasteiger charge is 2.35. The van der Waals surface area contributed by atoms with E-state index in [1.54, 1.807) is 24.3 Å². The van der Waals surface area contributed by atoms with Crippen molar-refractivity contribution in [1.82, 2.24) is 5.01 Å². The zero-order chi connectivity index (χ0) is 12.5. The van der Waals surface area contributed by atoms with Crippen LogP contribution in [0.4, 0.5) is 0 Å². The summed E-state index contributed by atoms with van der Waals surface area (Å²) in [6.07, 6.45) is 1.52. The SMILES string of the molecule is O=C1c2ccccc2C(=O)N1N=Cc1cccs1. The lowest BCUT2D eigenvalue weighted by atomic mass is 10.1. The average Bonchev–Trinajstić information content (AvgIpc) is 2.98. The van der Waals surface area contributed by atoms with Crippen LogP contribution in [0, 0.1) is 0 Å². The van der Waals surface area contributed by atoms with E-state index in [1.165, 1.54) is 17.6 Å². The van der Waals surface area contributed by atoms with Crippen LogP contribution in [-0.2, 0) is 0 Å². The third kappa shape index (κ3) is 1.65. The monoisotopic (exact) mass is 256 g/mol. The molecule has 88 valence electrons. The first-order chi connectivity index (χ1) is 8.77. The Labute approximate surface area is 107 Å². The van der Waals surface area contributed by atoms with Gasteiger partial charge in [-0.25, -0.2) is 0 Å². The molecule has 1 aliphatic rings. The van der Waals surface area contributed by atoms with Gasteiger partial charge in [0.15, 0.2) is 0 Å². The maximum Gasteiger partial charge on any atom is 0.282 e. The molecular formula is C13H8N2O2S. The van der Waals surface area contributed by atoms with E-state index >= 15 is 0 Å². The molecule has 4 nitrogen and oxygen atoms in total. The maximum absolute atomic E-state index is 12.0. The Morgan fingerprint density at radius 1 is 1.00 bits per heavy atom. The molecule has 0 unspecified atom stereocenters. The smallest absolute Gasteiger partial charge is 0.267 e. The Morgan fingerprint density at radius 2 is 1.67 bits per heavy atom. The Morgan fingerprint density at radius 3 is 2.22 bits per heavy atom. The normalized spacial score (nSPS) is 14.6. The third-order valence-corrected chi connectivity index (χ3v) is 3.42. The highest BCUT2D eigenvalue weighted by Crippen LogP contribution is 2.22. The predicted molar refractivity (Wildman–Crippen MR) is 68.9 cm³/mol. The highest BCUT2D eigenvalue weighted by atomic mass is 32.1. The van der Waals surface area contributed by atoms with Crippen molar-refractivity contribution in [3.63, 3.8) is 0 Å². The van der Waals surface area contributed by atoms with Gasteiger partial charge >= 0.3 is 0 Å². The van der Waals surface area contributed by atoms with Gasteiger partial charge in [0.25, 0.3) is 11.8 Å². The summed E-state index contributed by atoms with van der Waals surface area (Å²) in [5.74, 6) is -0.744. The fourth-order valence-electron chi connectivity index (χ4n) is 1.76. The number of amides is 2. The molecule has 0 atom stereocenters. The second-order valence-corrected chi connectivity index (χ2v) is 4.71. The van der Waals surface area contributed by atoms with Gasteiger partial charge in [-0.15, -0.1) is 11.3 Å². The van der Waals surface area contributed by atoms with E-state index in [0.29, 0.717) is 11.1 Å². The van der Waals surface area contributed by atoms with Crippen molar-refractivity contribution >= 4 is 29.4 Å². The predicted octanol–water partition coefficient (Wildman–Crippen LogP) is 2.38. The zero-order valence-electron chi connectivity index (χ0n) is 9.24. The Kier molecular flexibility index (Phi) is 2.53. The van der Waals surface area contributed by atoms with Crippen molar-refractivity contribution in [2.24, 2.45) is 5.10 Å². The van der Waals surface area contributed by atoms with Crippen LogP contribution < -0.4 is 0 Å². The summed E-state index contributed by atoms with van der Waals surface area (Å²) >= 11 is 1.49. The fourth-order valence-corrected chi connectivity index (χ4v) is 2.34. The van der Waals surface area contributed by atoms with Gasteiger partial charge in [-0.1, -0.05) is 18.2 Å². The molecule has 0 spiro atoms. The summed E-state index contributed by atoms with van der Waals surface area (Å²) in [4.78, 5) is 24.8. The van der Waals surface area contributed by atoms with Gasteiger partial charge in [-0.05, 0) is 23.6 Å². The van der Waals surface area contributed by atoms with Crippen molar-refractivity contribution in [2.45, 2.75) is 0 Å². The summed E-state index contributed by atoms with van der Waals surface area (Å²) in [6, 6.07) is 10.5. The van der Waals surface area contributed by atoms with E-state index in [2.05, 4.69) is 5.10 Å². The lowest BCUT2D eigenvalue weighted by molar-refractivity contribution is 0.0660. The average molecular weight is 256 g/mol. The van der Waals surface area contributed by atoms with Gasteiger partial charge in [0.1, 0.15) is 0 Å². The first-order valence-electron chi connectivity index (χ1n) is 5.32. The Bertz CT molecular complexity index is 612. The molecule has 0 saturated carbocycles. The Balaban J connectivity index is 1.93. The summed E-state index contributed by atoms with van der Waals surface area (Å²) in [7, 11) is 0. The summed E-state index contributed by atoms with van der Waals surface area (Å²) < 4.78 is 0. The van der Waals surface area contributed by atoms with Crippen LogP contribution in [0.2, 0.25) is 0 Å². The van der Waals surface area contributed by atoms with Crippen molar-refractivity contribution in [1.29, 1.82) is 0 Å². The van der Waals surface area contributed by atoms with Crippen LogP contribution in [0.3, 0.4) is 0 Å². The molecule has 5 heteroatoms. The minimum absolute atomic E-state index is 0.372. The van der Waals surface area contributed by atoms with Crippen LogP contribution in [0.1, 0.15) is 25.6 Å². The maximum atomic E-state index is 12.0. The molecular weight excluding hydrogens is 248 g/mol. The van der Waals surface area contributed by atoms with Crippen molar-refractivity contribution in [3.05, 3.63) is 57.8 Å². The molecule has 2 amide bonds. The van der Waals surface area contributed by atoms with Gasteiger partial charge in [0.05, 0.1) is 17.3 Å². The molecule has 0 fully saturated rings. The van der Waals surface area contributed by atoms with Crippen LogP contribution in [0.25, 0.3) is 0 Å². The Hall–Kier alpha value is -2.27. The molecule has 0 N–H and O–H groups in total. The van der Waals surface area contributed by atoms with Crippen LogP contribution in [0.5, 0.6) is 0 Å². The van der Waals surface area contributed by atoms with Crippen LogP contribution >= 0.6 is 11.3 Å². The number of imide groups is 1. The van der Waals surface area contributed by atoms with E-state index in [9.17, 15) is 9.59 Å². The molecule has 2 heterocycles. The van der Waals surface area contributed by atoms with Crippen LogP contribution in [-0.4, -0.2) is 23.0 Å². The number of hydrogen-bond acceptors (Lipinski definition) is 4. The van der Waals surface area contributed by atoms with E-state index in [0.717, 1.165) is 9.89 Å². The van der Waals surface area contributed by atoms with E-state index < -0.39 is 0 Å². The molecule has 1 aromatic carbocycles. The van der Waals surface area contributed by atoms with E-state index in [4.69, 9.17) is 0 Å². The number of carbonyl (C=O) groups is 2. The fraction of sp³-hybridized carbons (Fsp3) is 0. The van der Waals surface area contributed by atoms with Gasteiger partial charge in [-0.2, -0.15) is 10.1 Å². The zero-order valence-corrected chi connectivity index (χ0v) is 10.1. The van der Waals surface area contributed by atoms with Crippen LogP contribution in [0.15, 0.2) is 46.9 Å². The van der Waals surface area contributed by atoms with Gasteiger partial charge < -0.3 is 0 Å². The molecule has 0 saturated heterocycles. The number of nitrogens with zero attached hydrogens (tertiary/aromatic N) is 2. The third-order valence-electron chi connectivity index (χ3n) is 2.62. The quantitative estimate of drug-likeness (QED) is 0.612. The first kappa shape index (κ1) is 10.9. The minimum Gasteiger partial charge on any atom is -0.267 e. The van der Waals surface area contributed by atoms with Crippen molar-refractivity contribution in [3.8, 4) is 0 Å². The summed E-state index contributed by atoms with van der Waals surface area (Å²) in [5, 5.41) is 6.78. The lowest BCUT2D eigenvalue weighted by Gasteiger charge is -2.04. The molecule has 0 bridgehead atoms. The molecule has 18 heavy (non-hydrogen) atoms. The van der Waals surface area contributed by atoms with Crippen molar-refractivity contribution < 1.29 is 9.59 Å². The standard InChI is InChI=1S/C13H8N2O2S/c16-12-10-5-1-2-6-11(10)13(17)15(12)14-8-9-4-3-7-18-9/h1-8H. The van der Waals surface area contributed by atoms with Crippen molar-refractivity contribution in [2.75, 3.05) is 0 Å². The molecule has 1 aromatic heterocycles. The number of thiophene rings is 1. The summed E-state index contributed by atoms with van der Waals surface area (Å²) in [6.45, 7) is 0. The van der Waals surface area contributed by atoms with Gasteiger partial charge in [-0.3, -0.25) is 9.59 Å². The number of hydrazone groups is 1. The van der Waals surface area contributed by atoms with Gasteiger partial charge in [0.2, 0.25) is 0 Å². The molecule has 2 aromatic rings. The molecule has 3 rings (SSSR count). The second kappa shape index (κ2) is 4.19. The minimum atomic E-state index is -0.372. The summed E-state index contributed by atoms with van der Waals surface area (Å²) in [5.41, 5.74) is 0.816. The second-order valence-electron chi connectivity index (χ2n) is 3.73. The molecule has 1 aliphatic heterocycles.